The average molecular weight is 354 g/mol. The van der Waals surface area contributed by atoms with Crippen molar-refractivity contribution in [3.05, 3.63) is 71.8 Å². The van der Waals surface area contributed by atoms with Crippen LogP contribution in [-0.2, 0) is 9.53 Å². The molecule has 0 heterocycles. The number of hydrogen-bond acceptors (Lipinski definition) is 3. The Morgan fingerprint density at radius 1 is 0.846 bits per heavy atom. The highest BCUT2D eigenvalue weighted by Gasteiger charge is 2.22. The topological polar surface area (TPSA) is 67.4 Å². The highest BCUT2D eigenvalue weighted by Crippen LogP contribution is 2.24. The Bertz CT molecular complexity index is 647. The summed E-state index contributed by atoms with van der Waals surface area (Å²) in [4.78, 5) is 24.3. The third-order valence-electron chi connectivity index (χ3n) is 3.77. The van der Waals surface area contributed by atoms with Crippen LogP contribution in [0.25, 0.3) is 0 Å². The number of carbonyl (C=O) groups excluding carboxylic acids is 2. The van der Waals surface area contributed by atoms with Crippen molar-refractivity contribution in [3.63, 3.8) is 0 Å². The molecule has 0 aliphatic rings. The van der Waals surface area contributed by atoms with Gasteiger partial charge in [0, 0.05) is 13.1 Å². The smallest absolute Gasteiger partial charge is 0.407 e. The van der Waals surface area contributed by atoms with E-state index in [1.54, 1.807) is 0 Å². The fraction of sp³-hybridized carbons (Fsp3) is 0.333. The van der Waals surface area contributed by atoms with Crippen LogP contribution >= 0.6 is 0 Å². The van der Waals surface area contributed by atoms with Crippen LogP contribution in [0.1, 0.15) is 30.9 Å². The highest BCUT2D eigenvalue weighted by molar-refractivity contribution is 5.87. The summed E-state index contributed by atoms with van der Waals surface area (Å²) in [5.74, 6) is -0.192. The van der Waals surface area contributed by atoms with E-state index in [1.807, 2.05) is 74.5 Å². The van der Waals surface area contributed by atoms with E-state index in [1.165, 1.54) is 0 Å². The van der Waals surface area contributed by atoms with Crippen LogP contribution < -0.4 is 10.6 Å². The van der Waals surface area contributed by atoms with Gasteiger partial charge in [-0.05, 0) is 17.0 Å². The van der Waals surface area contributed by atoms with E-state index in [0.29, 0.717) is 19.7 Å². The molecule has 2 N–H and O–H groups in total. The average Bonchev–Trinajstić information content (AvgIpc) is 2.65. The van der Waals surface area contributed by atoms with E-state index in [-0.39, 0.29) is 17.7 Å². The van der Waals surface area contributed by atoms with Gasteiger partial charge in [0.1, 0.15) is 0 Å². The summed E-state index contributed by atoms with van der Waals surface area (Å²) in [5.41, 5.74) is 1.86. The van der Waals surface area contributed by atoms with Crippen LogP contribution in [0, 0.1) is 5.92 Å². The van der Waals surface area contributed by atoms with E-state index >= 15 is 0 Å². The molecule has 0 spiro atoms. The normalized spacial score (nSPS) is 10.6. The number of nitrogens with one attached hydrogen (secondary N) is 2. The largest absolute Gasteiger partial charge is 0.449 e. The molecule has 0 atom stereocenters. The lowest BCUT2D eigenvalue weighted by Crippen LogP contribution is -2.37. The molecule has 2 aromatic carbocycles. The Morgan fingerprint density at radius 3 is 1.85 bits per heavy atom. The monoisotopic (exact) mass is 354 g/mol. The lowest BCUT2D eigenvalue weighted by molar-refractivity contribution is -0.121. The Hall–Kier alpha value is -2.82. The zero-order valence-electron chi connectivity index (χ0n) is 15.3. The number of rotatable bonds is 8. The predicted molar refractivity (Wildman–Crippen MR) is 102 cm³/mol. The van der Waals surface area contributed by atoms with Crippen molar-refractivity contribution in [2.75, 3.05) is 19.7 Å². The molecule has 5 nitrogen and oxygen atoms in total. The van der Waals surface area contributed by atoms with Gasteiger partial charge in [-0.3, -0.25) is 4.79 Å². The number of ether oxygens (including phenoxy) is 1. The van der Waals surface area contributed by atoms with E-state index in [2.05, 4.69) is 10.6 Å². The standard InChI is InChI=1S/C21H26N2O3/c1-16(2)15-26-21(25)23-14-13-22-20(24)19(17-9-5-3-6-10-17)18-11-7-4-8-12-18/h3-12,16,19H,13-15H2,1-2H3,(H,22,24)(H,23,25). The zero-order valence-corrected chi connectivity index (χ0v) is 15.3. The molecule has 0 bridgehead atoms. The Balaban J connectivity index is 1.91. The quantitative estimate of drug-likeness (QED) is 0.715. The maximum absolute atomic E-state index is 12.7. The number of alkyl carbamates (subject to hydrolysis) is 1. The second-order valence-electron chi connectivity index (χ2n) is 6.46. The van der Waals surface area contributed by atoms with E-state index in [0.717, 1.165) is 11.1 Å². The molecule has 0 unspecified atom stereocenters. The van der Waals surface area contributed by atoms with Gasteiger partial charge in [0.05, 0.1) is 12.5 Å². The first-order valence-electron chi connectivity index (χ1n) is 8.86. The minimum absolute atomic E-state index is 0.0975. The van der Waals surface area contributed by atoms with E-state index in [4.69, 9.17) is 4.74 Å². The molecule has 0 saturated carbocycles. The Morgan fingerprint density at radius 2 is 1.35 bits per heavy atom. The first-order chi connectivity index (χ1) is 12.6. The van der Waals surface area contributed by atoms with Crippen LogP contribution in [-0.4, -0.2) is 31.7 Å². The summed E-state index contributed by atoms with van der Waals surface area (Å²) in [6.07, 6.45) is -0.462. The van der Waals surface area contributed by atoms with Crippen molar-refractivity contribution in [2.24, 2.45) is 5.92 Å². The van der Waals surface area contributed by atoms with Gasteiger partial charge in [0.15, 0.2) is 0 Å². The number of carbonyl (C=O) groups is 2. The number of amides is 2. The molecular formula is C21H26N2O3. The van der Waals surface area contributed by atoms with Crippen molar-refractivity contribution in [1.82, 2.24) is 10.6 Å². The van der Waals surface area contributed by atoms with Gasteiger partial charge in [0.2, 0.25) is 5.91 Å². The summed E-state index contributed by atoms with van der Waals surface area (Å²) in [6.45, 7) is 4.98. The second-order valence-corrected chi connectivity index (χ2v) is 6.46. The molecule has 2 rings (SSSR count). The van der Waals surface area contributed by atoms with Crippen LogP contribution in [0.15, 0.2) is 60.7 Å². The highest BCUT2D eigenvalue weighted by atomic mass is 16.5. The SMILES string of the molecule is CC(C)COC(=O)NCCNC(=O)C(c1ccccc1)c1ccccc1. The molecule has 26 heavy (non-hydrogen) atoms. The Labute approximate surface area is 154 Å². The van der Waals surface area contributed by atoms with Gasteiger partial charge in [-0.1, -0.05) is 74.5 Å². The van der Waals surface area contributed by atoms with Crippen LogP contribution in [0.4, 0.5) is 4.79 Å². The van der Waals surface area contributed by atoms with Crippen molar-refractivity contribution >= 4 is 12.0 Å². The van der Waals surface area contributed by atoms with Gasteiger partial charge in [-0.25, -0.2) is 4.79 Å². The van der Waals surface area contributed by atoms with Crippen molar-refractivity contribution in [2.45, 2.75) is 19.8 Å². The molecule has 5 heteroatoms. The van der Waals surface area contributed by atoms with Gasteiger partial charge >= 0.3 is 6.09 Å². The van der Waals surface area contributed by atoms with Crippen LogP contribution in [0.2, 0.25) is 0 Å². The fourth-order valence-electron chi connectivity index (χ4n) is 2.53. The summed E-state index contributed by atoms with van der Waals surface area (Å²) in [6, 6.07) is 19.3. The fourth-order valence-corrected chi connectivity index (χ4v) is 2.53. The minimum Gasteiger partial charge on any atom is -0.449 e. The van der Waals surface area contributed by atoms with Crippen molar-refractivity contribution < 1.29 is 14.3 Å². The number of benzene rings is 2. The molecule has 0 radical (unpaired) electrons. The summed E-state index contributed by atoms with van der Waals surface area (Å²) < 4.78 is 5.03. The molecule has 0 aliphatic carbocycles. The first-order valence-corrected chi connectivity index (χ1v) is 8.86. The van der Waals surface area contributed by atoms with Gasteiger partial charge in [0.25, 0.3) is 0 Å². The van der Waals surface area contributed by atoms with Crippen LogP contribution in [0.3, 0.4) is 0 Å². The lowest BCUT2D eigenvalue weighted by Gasteiger charge is -2.18. The third-order valence-corrected chi connectivity index (χ3v) is 3.77. The molecule has 2 aromatic rings. The lowest BCUT2D eigenvalue weighted by atomic mass is 9.90. The van der Waals surface area contributed by atoms with E-state index < -0.39 is 6.09 Å². The van der Waals surface area contributed by atoms with Gasteiger partial charge < -0.3 is 15.4 Å². The molecule has 2 amide bonds. The third kappa shape index (κ3) is 6.24. The maximum Gasteiger partial charge on any atom is 0.407 e. The molecule has 0 aromatic heterocycles. The predicted octanol–water partition coefficient (Wildman–Crippen LogP) is 3.32. The molecule has 138 valence electrons. The minimum atomic E-state index is -0.462. The summed E-state index contributed by atoms with van der Waals surface area (Å²) in [7, 11) is 0. The van der Waals surface area contributed by atoms with Gasteiger partial charge in [-0.2, -0.15) is 0 Å². The second kappa shape index (κ2) is 10.2. The van der Waals surface area contributed by atoms with Crippen molar-refractivity contribution in [1.29, 1.82) is 0 Å². The first kappa shape index (κ1) is 19.5. The molecule has 0 fully saturated rings. The Kier molecular flexibility index (Phi) is 7.68. The van der Waals surface area contributed by atoms with Crippen molar-refractivity contribution in [3.8, 4) is 0 Å². The maximum atomic E-state index is 12.7. The molecule has 0 saturated heterocycles. The molecular weight excluding hydrogens is 328 g/mol. The van der Waals surface area contributed by atoms with E-state index in [9.17, 15) is 9.59 Å². The molecule has 0 aliphatic heterocycles. The van der Waals surface area contributed by atoms with Gasteiger partial charge in [-0.15, -0.1) is 0 Å². The summed E-state index contributed by atoms with van der Waals surface area (Å²) >= 11 is 0. The zero-order chi connectivity index (χ0) is 18.8. The van der Waals surface area contributed by atoms with Crippen LogP contribution in [0.5, 0.6) is 0 Å². The summed E-state index contributed by atoms with van der Waals surface area (Å²) in [5, 5.41) is 5.53. The number of hydrogen-bond donors (Lipinski definition) is 2.